The Bertz CT molecular complexity index is 1330. The second-order valence-corrected chi connectivity index (χ2v) is 11.9. The van der Waals surface area contributed by atoms with Gasteiger partial charge in [0.2, 0.25) is 10.0 Å². The molecule has 4 rings (SSSR count). The Kier molecular flexibility index (Phi) is 6.79. The van der Waals surface area contributed by atoms with Gasteiger partial charge in [-0.2, -0.15) is 4.31 Å². The lowest BCUT2D eigenvalue weighted by Crippen LogP contribution is -2.35. The highest BCUT2D eigenvalue weighted by molar-refractivity contribution is 7.93. The fraction of sp³-hybridized carbons (Fsp3) is 0.238. The number of piperidine rings is 1. The topological polar surface area (TPSA) is 126 Å². The van der Waals surface area contributed by atoms with Crippen LogP contribution in [0, 0.1) is 0 Å². The molecule has 1 fully saturated rings. The molecule has 1 aliphatic rings. The minimum atomic E-state index is -3.80. The summed E-state index contributed by atoms with van der Waals surface area (Å²) in [5.41, 5.74) is 0.563. The summed E-state index contributed by atoms with van der Waals surface area (Å²) in [6, 6.07) is 11.6. The Morgan fingerprint density at radius 3 is 2.33 bits per heavy atom. The molecule has 1 amide bonds. The minimum absolute atomic E-state index is 0.0188. The van der Waals surface area contributed by atoms with E-state index in [0.717, 1.165) is 30.6 Å². The van der Waals surface area contributed by atoms with Gasteiger partial charge in [0.05, 0.1) is 9.79 Å². The first-order chi connectivity index (χ1) is 15.8. The van der Waals surface area contributed by atoms with Crippen LogP contribution < -0.4 is 10.0 Å². The van der Waals surface area contributed by atoms with Gasteiger partial charge in [0.25, 0.3) is 15.9 Å². The molecule has 0 saturated carbocycles. The zero-order valence-corrected chi connectivity index (χ0v) is 19.9. The highest BCUT2D eigenvalue weighted by Gasteiger charge is 2.26. The first kappa shape index (κ1) is 23.4. The molecule has 0 unspecified atom stereocenters. The quantitative estimate of drug-likeness (QED) is 0.506. The lowest BCUT2D eigenvalue weighted by atomic mass is 10.2. The molecule has 2 heterocycles. The first-order valence-corrected chi connectivity index (χ1v) is 14.0. The number of carbonyl (C=O) groups is 1. The summed E-state index contributed by atoms with van der Waals surface area (Å²) in [6.07, 6.45) is 4.15. The maximum Gasteiger partial charge on any atom is 0.263 e. The number of hydrogen-bond donors (Lipinski definition) is 2. The van der Waals surface area contributed by atoms with E-state index in [2.05, 4.69) is 15.0 Å². The Hall–Kier alpha value is -2.80. The normalized spacial score (nSPS) is 15.2. The lowest BCUT2D eigenvalue weighted by molar-refractivity contribution is 0.102. The van der Waals surface area contributed by atoms with Gasteiger partial charge < -0.3 is 5.32 Å². The second-order valence-electron chi connectivity index (χ2n) is 7.41. The third-order valence-electron chi connectivity index (χ3n) is 5.13. The average Bonchev–Trinajstić information content (AvgIpc) is 3.32. The van der Waals surface area contributed by atoms with Gasteiger partial charge in [-0.1, -0.05) is 12.5 Å². The van der Waals surface area contributed by atoms with E-state index in [9.17, 15) is 21.6 Å². The fourth-order valence-electron chi connectivity index (χ4n) is 3.42. The molecule has 2 N–H and O–H groups in total. The number of benzene rings is 2. The SMILES string of the molecule is O=C(Nc1ccc(S(=O)(=O)Nc2nccs2)cc1)c1cccc(S(=O)(=O)N2CCCCC2)c1. The van der Waals surface area contributed by atoms with Crippen molar-refractivity contribution in [3.05, 3.63) is 65.7 Å². The summed E-state index contributed by atoms with van der Waals surface area (Å²) in [6.45, 7) is 0.955. The molecule has 2 aromatic carbocycles. The molecule has 0 atom stereocenters. The molecule has 9 nitrogen and oxygen atoms in total. The number of sulfonamides is 2. The number of carbonyl (C=O) groups excluding carboxylic acids is 1. The zero-order valence-electron chi connectivity index (χ0n) is 17.5. The highest BCUT2D eigenvalue weighted by Crippen LogP contribution is 2.23. The van der Waals surface area contributed by atoms with Crippen LogP contribution in [0.25, 0.3) is 0 Å². The van der Waals surface area contributed by atoms with Gasteiger partial charge in [-0.15, -0.1) is 11.3 Å². The van der Waals surface area contributed by atoms with Gasteiger partial charge in [0, 0.05) is 35.9 Å². The van der Waals surface area contributed by atoms with E-state index >= 15 is 0 Å². The van der Waals surface area contributed by atoms with Crippen LogP contribution in [-0.4, -0.2) is 45.1 Å². The van der Waals surface area contributed by atoms with Crippen molar-refractivity contribution in [2.75, 3.05) is 23.1 Å². The maximum atomic E-state index is 12.9. The number of amides is 1. The van der Waals surface area contributed by atoms with Crippen molar-refractivity contribution < 1.29 is 21.6 Å². The number of aromatic nitrogens is 1. The second kappa shape index (κ2) is 9.59. The van der Waals surface area contributed by atoms with Crippen LogP contribution in [0.3, 0.4) is 0 Å². The van der Waals surface area contributed by atoms with Crippen LogP contribution in [0.2, 0.25) is 0 Å². The average molecular weight is 507 g/mol. The Morgan fingerprint density at radius 1 is 0.939 bits per heavy atom. The van der Waals surface area contributed by atoms with Crippen LogP contribution in [0.1, 0.15) is 29.6 Å². The Morgan fingerprint density at radius 2 is 1.67 bits per heavy atom. The number of thiazole rings is 1. The summed E-state index contributed by atoms with van der Waals surface area (Å²) < 4.78 is 54.5. The third kappa shape index (κ3) is 5.41. The van der Waals surface area contributed by atoms with Crippen LogP contribution in [-0.2, 0) is 20.0 Å². The summed E-state index contributed by atoms with van der Waals surface area (Å²) in [4.78, 5) is 16.7. The molecular formula is C21H22N4O5S3. The van der Waals surface area contributed by atoms with E-state index in [4.69, 9.17) is 0 Å². The van der Waals surface area contributed by atoms with Crippen LogP contribution in [0.4, 0.5) is 10.8 Å². The van der Waals surface area contributed by atoms with E-state index in [0.29, 0.717) is 18.8 Å². The molecule has 0 bridgehead atoms. The van der Waals surface area contributed by atoms with Crippen LogP contribution >= 0.6 is 11.3 Å². The van der Waals surface area contributed by atoms with E-state index in [1.165, 1.54) is 59.0 Å². The van der Waals surface area contributed by atoms with Crippen molar-refractivity contribution in [3.8, 4) is 0 Å². The number of rotatable bonds is 7. The van der Waals surface area contributed by atoms with Crippen molar-refractivity contribution >= 4 is 48.1 Å². The van der Waals surface area contributed by atoms with Gasteiger partial charge in [-0.05, 0) is 55.3 Å². The molecule has 1 aliphatic heterocycles. The monoisotopic (exact) mass is 506 g/mol. The summed E-state index contributed by atoms with van der Waals surface area (Å²) >= 11 is 1.16. The molecule has 1 aromatic heterocycles. The van der Waals surface area contributed by atoms with Crippen LogP contribution in [0.5, 0.6) is 0 Å². The van der Waals surface area contributed by atoms with Gasteiger partial charge >= 0.3 is 0 Å². The zero-order chi connectivity index (χ0) is 23.5. The van der Waals surface area contributed by atoms with Crippen molar-refractivity contribution in [2.24, 2.45) is 0 Å². The molecule has 174 valence electrons. The number of hydrogen-bond acceptors (Lipinski definition) is 7. The summed E-state index contributed by atoms with van der Waals surface area (Å²) in [5, 5.41) is 4.58. The number of anilines is 2. The van der Waals surface area contributed by atoms with Crippen molar-refractivity contribution in [1.29, 1.82) is 0 Å². The van der Waals surface area contributed by atoms with Crippen molar-refractivity contribution in [1.82, 2.24) is 9.29 Å². The molecule has 0 aliphatic carbocycles. The van der Waals surface area contributed by atoms with E-state index < -0.39 is 26.0 Å². The molecule has 33 heavy (non-hydrogen) atoms. The molecule has 0 spiro atoms. The molecule has 12 heteroatoms. The van der Waals surface area contributed by atoms with Crippen molar-refractivity contribution in [2.45, 2.75) is 29.1 Å². The van der Waals surface area contributed by atoms with Gasteiger partial charge in [-0.25, -0.2) is 21.8 Å². The first-order valence-electron chi connectivity index (χ1n) is 10.2. The van der Waals surface area contributed by atoms with Crippen molar-refractivity contribution in [3.63, 3.8) is 0 Å². The predicted molar refractivity (Wildman–Crippen MR) is 126 cm³/mol. The Labute approximate surface area is 196 Å². The number of nitrogens with zero attached hydrogens (tertiary/aromatic N) is 2. The summed E-state index contributed by atoms with van der Waals surface area (Å²) in [7, 11) is -7.46. The van der Waals surface area contributed by atoms with E-state index in [1.807, 2.05) is 0 Å². The highest BCUT2D eigenvalue weighted by atomic mass is 32.2. The molecule has 3 aromatic rings. The van der Waals surface area contributed by atoms with E-state index in [1.54, 1.807) is 5.38 Å². The number of nitrogens with one attached hydrogen (secondary N) is 2. The third-order valence-corrected chi connectivity index (χ3v) is 9.19. The minimum Gasteiger partial charge on any atom is -0.322 e. The lowest BCUT2D eigenvalue weighted by Gasteiger charge is -2.26. The van der Waals surface area contributed by atoms with Gasteiger partial charge in [-0.3, -0.25) is 9.52 Å². The van der Waals surface area contributed by atoms with E-state index in [-0.39, 0.29) is 20.5 Å². The standard InChI is InChI=1S/C21H22N4O5S3/c26-20(16-5-4-6-19(15-16)33(29,30)25-12-2-1-3-13-25)23-17-7-9-18(10-8-17)32(27,28)24-21-22-11-14-31-21/h4-11,14-15H,1-3,12-13H2,(H,22,24)(H,23,26). The molecular weight excluding hydrogens is 484 g/mol. The van der Waals surface area contributed by atoms with Gasteiger partial charge in [0.15, 0.2) is 5.13 Å². The maximum absolute atomic E-state index is 12.9. The molecule has 1 saturated heterocycles. The predicted octanol–water partition coefficient (Wildman–Crippen LogP) is 3.37. The van der Waals surface area contributed by atoms with Gasteiger partial charge in [0.1, 0.15) is 0 Å². The largest absolute Gasteiger partial charge is 0.322 e. The molecule has 0 radical (unpaired) electrons. The summed E-state index contributed by atoms with van der Waals surface area (Å²) in [5.74, 6) is -0.498. The van der Waals surface area contributed by atoms with Crippen LogP contribution in [0.15, 0.2) is 69.9 Å². The smallest absolute Gasteiger partial charge is 0.263 e. The Balaban J connectivity index is 1.47. The fourth-order valence-corrected chi connectivity index (χ4v) is 6.77.